The van der Waals surface area contributed by atoms with Crippen molar-refractivity contribution in [2.24, 2.45) is 4.99 Å². The van der Waals surface area contributed by atoms with Crippen molar-refractivity contribution < 1.29 is 10.2 Å². The molecule has 29 heavy (non-hydrogen) atoms. The minimum Gasteiger partial charge on any atom is -0.493 e. The normalized spacial score (nSPS) is 20.0. The maximum atomic E-state index is 11.4. The van der Waals surface area contributed by atoms with Crippen molar-refractivity contribution in [3.8, 4) is 5.88 Å². The van der Waals surface area contributed by atoms with Crippen molar-refractivity contribution in [3.63, 3.8) is 0 Å². The fraction of sp³-hybridized carbons (Fsp3) is 0.500. The molecular weight excluding hydrogens is 376 g/mol. The zero-order valence-electron chi connectivity index (χ0n) is 15.7. The Morgan fingerprint density at radius 1 is 1.31 bits per heavy atom. The van der Waals surface area contributed by atoms with E-state index >= 15 is 0 Å². The SMILES string of the molecule is O=c1[nH]c(O)c(/C=c2\cnn3c(=NC4CC4)nc(NC4(CO)CCCC4)nc23)[nH]1. The number of fused-ring (bicyclic) bond motifs is 1. The fourth-order valence-electron chi connectivity index (χ4n) is 3.75. The highest BCUT2D eigenvalue weighted by Crippen LogP contribution is 2.31. The van der Waals surface area contributed by atoms with Crippen LogP contribution in [0.3, 0.4) is 0 Å². The Hall–Kier alpha value is -3.21. The predicted octanol–water partition coefficient (Wildman–Crippen LogP) is -0.826. The molecule has 2 saturated carbocycles. The molecule has 11 nitrogen and oxygen atoms in total. The Bertz CT molecular complexity index is 1230. The molecule has 0 aromatic carbocycles. The molecule has 0 spiro atoms. The Kier molecular flexibility index (Phi) is 4.12. The summed E-state index contributed by atoms with van der Waals surface area (Å²) in [5.41, 5.74) is 0.245. The van der Waals surface area contributed by atoms with Crippen molar-refractivity contribution in [2.75, 3.05) is 11.9 Å². The van der Waals surface area contributed by atoms with E-state index in [2.05, 4.69) is 35.3 Å². The van der Waals surface area contributed by atoms with Gasteiger partial charge in [-0.2, -0.15) is 19.6 Å². The third kappa shape index (κ3) is 3.37. The zero-order chi connectivity index (χ0) is 20.0. The van der Waals surface area contributed by atoms with Gasteiger partial charge in [0.25, 0.3) is 5.62 Å². The monoisotopic (exact) mass is 398 g/mol. The molecule has 2 aliphatic rings. The molecular formula is C18H22N8O3. The first-order valence-corrected chi connectivity index (χ1v) is 9.77. The summed E-state index contributed by atoms with van der Waals surface area (Å²) in [5.74, 6) is 0.129. The Labute approximate surface area is 164 Å². The number of rotatable bonds is 5. The summed E-state index contributed by atoms with van der Waals surface area (Å²) < 4.78 is 1.55. The van der Waals surface area contributed by atoms with Gasteiger partial charge in [-0.1, -0.05) is 12.8 Å². The number of aromatic hydroxyl groups is 1. The van der Waals surface area contributed by atoms with Crippen LogP contribution in [0.25, 0.3) is 11.7 Å². The molecule has 3 heterocycles. The minimum atomic E-state index is -0.502. The second kappa shape index (κ2) is 6.69. The van der Waals surface area contributed by atoms with Crippen molar-refractivity contribution in [3.05, 3.63) is 33.2 Å². The summed E-state index contributed by atoms with van der Waals surface area (Å²) >= 11 is 0. The quantitative estimate of drug-likeness (QED) is 0.375. The highest BCUT2D eigenvalue weighted by atomic mass is 16.3. The Balaban J connectivity index is 1.67. The van der Waals surface area contributed by atoms with Crippen molar-refractivity contribution >= 4 is 17.7 Å². The average molecular weight is 398 g/mol. The van der Waals surface area contributed by atoms with Crippen molar-refractivity contribution in [1.82, 2.24) is 29.5 Å². The molecule has 3 aromatic heterocycles. The molecule has 0 radical (unpaired) electrons. The third-order valence-electron chi connectivity index (χ3n) is 5.50. The van der Waals surface area contributed by atoms with Gasteiger partial charge in [0.05, 0.1) is 24.4 Å². The van der Waals surface area contributed by atoms with E-state index in [1.807, 2.05) is 0 Å². The molecule has 3 aromatic rings. The number of nitrogens with zero attached hydrogens (tertiary/aromatic N) is 5. The van der Waals surface area contributed by atoms with Gasteiger partial charge in [0.2, 0.25) is 11.8 Å². The number of H-pyrrole nitrogens is 2. The van der Waals surface area contributed by atoms with Gasteiger partial charge >= 0.3 is 5.69 Å². The molecule has 0 unspecified atom stereocenters. The first-order valence-electron chi connectivity index (χ1n) is 9.77. The summed E-state index contributed by atoms with van der Waals surface area (Å²) in [6.07, 6.45) is 9.00. The van der Waals surface area contributed by atoms with Gasteiger partial charge < -0.3 is 20.5 Å². The number of aromatic nitrogens is 6. The molecule has 0 saturated heterocycles. The van der Waals surface area contributed by atoms with Gasteiger partial charge in [-0.15, -0.1) is 0 Å². The van der Waals surface area contributed by atoms with E-state index in [0.29, 0.717) is 22.4 Å². The molecule has 0 amide bonds. The molecule has 0 atom stereocenters. The second-order valence-electron chi connectivity index (χ2n) is 7.80. The van der Waals surface area contributed by atoms with E-state index in [9.17, 15) is 15.0 Å². The van der Waals surface area contributed by atoms with Gasteiger partial charge in [0.15, 0.2) is 5.65 Å². The molecule has 2 aliphatic carbocycles. The van der Waals surface area contributed by atoms with Gasteiger partial charge in [0, 0.05) is 5.22 Å². The summed E-state index contributed by atoms with van der Waals surface area (Å²) in [4.78, 5) is 30.0. The standard InChI is InChI=1S/C18H22N8O3/c27-9-18(5-1-2-6-18)25-15-22-13-10(7-12-14(28)23-17(29)21-12)8-19-26(13)16(24-15)20-11-3-4-11/h7-8,11,27-28H,1-6,9H2,(H,20,24,25)(H2,21,23,29)/b10-7+. The number of anilines is 1. The van der Waals surface area contributed by atoms with E-state index in [1.54, 1.807) is 16.8 Å². The first-order chi connectivity index (χ1) is 14.0. The lowest BCUT2D eigenvalue weighted by Crippen LogP contribution is -2.40. The number of hydrogen-bond donors (Lipinski definition) is 5. The Morgan fingerprint density at radius 2 is 2.10 bits per heavy atom. The zero-order valence-corrected chi connectivity index (χ0v) is 15.7. The highest BCUT2D eigenvalue weighted by Gasteiger charge is 2.34. The molecule has 2 fully saturated rings. The highest BCUT2D eigenvalue weighted by molar-refractivity contribution is 5.57. The number of hydrogen-bond acceptors (Lipinski definition) is 8. The number of imidazole rings is 1. The number of aromatic amines is 2. The van der Waals surface area contributed by atoms with Crippen molar-refractivity contribution in [1.29, 1.82) is 0 Å². The number of nitrogens with one attached hydrogen (secondary N) is 3. The van der Waals surface area contributed by atoms with Crippen LogP contribution in [0, 0.1) is 0 Å². The van der Waals surface area contributed by atoms with E-state index in [-0.39, 0.29) is 24.2 Å². The molecule has 11 heteroatoms. The molecule has 152 valence electrons. The Morgan fingerprint density at radius 3 is 2.76 bits per heavy atom. The molecule has 0 aliphatic heterocycles. The second-order valence-corrected chi connectivity index (χ2v) is 7.80. The minimum absolute atomic E-state index is 0.00729. The molecule has 5 N–H and O–H groups in total. The maximum absolute atomic E-state index is 11.4. The summed E-state index contributed by atoms with van der Waals surface area (Å²) in [6, 6.07) is 0.237. The van der Waals surface area contributed by atoms with Crippen LogP contribution in [0.1, 0.15) is 44.2 Å². The largest absolute Gasteiger partial charge is 0.493 e. The van der Waals surface area contributed by atoms with E-state index < -0.39 is 11.2 Å². The van der Waals surface area contributed by atoms with Crippen LogP contribution >= 0.6 is 0 Å². The average Bonchev–Trinajstić information content (AvgIpc) is 3.09. The lowest BCUT2D eigenvalue weighted by Gasteiger charge is -2.27. The van der Waals surface area contributed by atoms with Gasteiger partial charge in [-0.05, 0) is 31.8 Å². The van der Waals surface area contributed by atoms with Crippen LogP contribution in [-0.4, -0.2) is 58.0 Å². The summed E-state index contributed by atoms with van der Waals surface area (Å²) in [6.45, 7) is 0.00729. The van der Waals surface area contributed by atoms with E-state index in [4.69, 9.17) is 0 Å². The van der Waals surface area contributed by atoms with Crippen LogP contribution in [0.2, 0.25) is 0 Å². The van der Waals surface area contributed by atoms with Crippen LogP contribution in [0.4, 0.5) is 5.95 Å². The van der Waals surface area contributed by atoms with Gasteiger partial charge in [0.1, 0.15) is 5.69 Å². The molecule has 0 bridgehead atoms. The van der Waals surface area contributed by atoms with E-state index in [1.165, 1.54) is 0 Å². The predicted molar refractivity (Wildman–Crippen MR) is 103 cm³/mol. The lowest BCUT2D eigenvalue weighted by molar-refractivity contribution is 0.213. The summed E-state index contributed by atoms with van der Waals surface area (Å²) in [7, 11) is 0. The number of aliphatic hydroxyl groups is 1. The fourth-order valence-corrected chi connectivity index (χ4v) is 3.75. The summed E-state index contributed by atoms with van der Waals surface area (Å²) in [5, 5.41) is 28.1. The van der Waals surface area contributed by atoms with Crippen LogP contribution in [-0.2, 0) is 0 Å². The molecule has 5 rings (SSSR count). The smallest absolute Gasteiger partial charge is 0.326 e. The lowest BCUT2D eigenvalue weighted by atomic mass is 9.99. The maximum Gasteiger partial charge on any atom is 0.326 e. The third-order valence-corrected chi connectivity index (χ3v) is 5.50. The van der Waals surface area contributed by atoms with E-state index in [0.717, 1.165) is 38.5 Å². The van der Waals surface area contributed by atoms with Crippen LogP contribution in [0.5, 0.6) is 5.88 Å². The van der Waals surface area contributed by atoms with Crippen LogP contribution in [0.15, 0.2) is 16.0 Å². The topological polar surface area (TPSA) is 157 Å². The van der Waals surface area contributed by atoms with Crippen molar-refractivity contribution in [2.45, 2.75) is 50.1 Å². The number of aliphatic hydroxyl groups excluding tert-OH is 1. The van der Waals surface area contributed by atoms with Crippen LogP contribution < -0.4 is 21.8 Å². The first kappa shape index (κ1) is 17.9. The van der Waals surface area contributed by atoms with Gasteiger partial charge in [-0.25, -0.2) is 9.79 Å². The van der Waals surface area contributed by atoms with Gasteiger partial charge in [-0.3, -0.25) is 4.98 Å².